The second kappa shape index (κ2) is 9.85. The summed E-state index contributed by atoms with van der Waals surface area (Å²) < 4.78 is 38.6. The predicted molar refractivity (Wildman–Crippen MR) is 94.7 cm³/mol. The number of unbranched alkanes of at least 4 members (excludes halogenated alkanes) is 2. The second-order valence-corrected chi connectivity index (χ2v) is 7.04. The molecule has 4 N–H and O–H groups in total. The average molecular weight is 432 g/mol. The van der Waals surface area contributed by atoms with Crippen LogP contribution in [0.4, 0.5) is 5.69 Å². The summed E-state index contributed by atoms with van der Waals surface area (Å²) in [4.78, 5) is 21.6. The predicted octanol–water partition coefficient (Wildman–Crippen LogP) is -0.0119. The molecule has 1 amide bonds. The minimum Gasteiger partial charge on any atom is -0.870 e. The van der Waals surface area contributed by atoms with E-state index < -0.39 is 31.5 Å². The van der Waals surface area contributed by atoms with Crippen molar-refractivity contribution in [2.45, 2.75) is 31.1 Å². The number of aromatic amines is 1. The van der Waals surface area contributed by atoms with Crippen LogP contribution >= 0.6 is 0 Å². The summed E-state index contributed by atoms with van der Waals surface area (Å²) in [5.41, 5.74) is -1.01. The Kier molecular flexibility index (Phi) is 8.11. The van der Waals surface area contributed by atoms with E-state index in [1.807, 2.05) is 6.92 Å². The van der Waals surface area contributed by atoms with Crippen LogP contribution in [0.25, 0.3) is 5.69 Å². The Morgan fingerprint density at radius 3 is 2.66 bits per heavy atom. The lowest BCUT2D eigenvalue weighted by Gasteiger charge is -2.08. The average Bonchev–Trinajstić information content (AvgIpc) is 3.12. The Balaban J connectivity index is 0.00000420. The van der Waals surface area contributed by atoms with Gasteiger partial charge in [-0.3, -0.25) is 19.5 Å². The number of aromatic nitrogens is 4. The number of tetrazole rings is 1. The molecule has 0 radical (unpaired) electrons. The molecule has 0 atom stereocenters. The molecular weight excluding hydrogens is 412 g/mol. The standard InChI is InChI=1S/C14H18N6O7S.H2O/c1-3-4-5-6-15-14(21)13-16-17-18-19(13)9-8-12(28(24,25)26)10(20(22)23)7-11(9)27-2;/h7-8H,3-6H2,1-2H3,(H2,15,21,24,25,26);1H2. The third-order valence-corrected chi connectivity index (χ3v) is 4.63. The number of benzene rings is 1. The molecule has 0 bridgehead atoms. The van der Waals surface area contributed by atoms with Crippen LogP contribution in [0.5, 0.6) is 5.75 Å². The van der Waals surface area contributed by atoms with Crippen LogP contribution < -0.4 is 14.7 Å². The van der Waals surface area contributed by atoms with E-state index in [4.69, 9.17) is 4.74 Å². The summed E-state index contributed by atoms with van der Waals surface area (Å²) in [5, 5.41) is 23.3. The molecule has 2 rings (SSSR count). The zero-order valence-corrected chi connectivity index (χ0v) is 16.3. The van der Waals surface area contributed by atoms with E-state index >= 15 is 0 Å². The van der Waals surface area contributed by atoms with Crippen molar-refractivity contribution in [2.75, 3.05) is 13.7 Å². The first-order valence-corrected chi connectivity index (χ1v) is 9.60. The van der Waals surface area contributed by atoms with Gasteiger partial charge in [0.25, 0.3) is 5.69 Å². The Hall–Kier alpha value is -3.17. The fourth-order valence-corrected chi connectivity index (χ4v) is 3.06. The van der Waals surface area contributed by atoms with Crippen LogP contribution in [0.1, 0.15) is 36.8 Å². The largest absolute Gasteiger partial charge is 0.870 e. The highest BCUT2D eigenvalue weighted by Crippen LogP contribution is 2.32. The van der Waals surface area contributed by atoms with Gasteiger partial charge in [0.2, 0.25) is 0 Å². The molecule has 0 aliphatic carbocycles. The van der Waals surface area contributed by atoms with E-state index in [0.717, 1.165) is 36.1 Å². The molecule has 29 heavy (non-hydrogen) atoms. The number of rotatable bonds is 9. The van der Waals surface area contributed by atoms with Gasteiger partial charge in [-0.2, -0.15) is 8.42 Å². The minimum absolute atomic E-state index is 0. The highest BCUT2D eigenvalue weighted by Gasteiger charge is 2.32. The molecule has 0 fully saturated rings. The molecule has 1 aromatic heterocycles. The van der Waals surface area contributed by atoms with E-state index in [0.29, 0.717) is 6.54 Å². The number of nitrogens with one attached hydrogen (secondary N) is 2. The lowest BCUT2D eigenvalue weighted by atomic mass is 10.2. The van der Waals surface area contributed by atoms with Crippen LogP contribution in [-0.4, -0.2) is 58.5 Å². The molecule has 0 saturated carbocycles. The number of amides is 1. The molecule has 0 aliphatic heterocycles. The first kappa shape index (κ1) is 23.9. The van der Waals surface area contributed by atoms with Crippen molar-refractivity contribution in [1.29, 1.82) is 0 Å². The summed E-state index contributed by atoms with van der Waals surface area (Å²) in [6.07, 6.45) is 2.65. The van der Waals surface area contributed by atoms with Crippen LogP contribution in [0.3, 0.4) is 0 Å². The highest BCUT2D eigenvalue weighted by atomic mass is 32.2. The Bertz CT molecular complexity index is 990. The first-order valence-electron chi connectivity index (χ1n) is 8.16. The smallest absolute Gasteiger partial charge is 0.395 e. The van der Waals surface area contributed by atoms with E-state index in [1.54, 1.807) is 0 Å². The maximum atomic E-state index is 12.3. The van der Waals surface area contributed by atoms with E-state index in [9.17, 15) is 27.9 Å². The van der Waals surface area contributed by atoms with Crippen LogP contribution in [-0.2, 0) is 10.1 Å². The van der Waals surface area contributed by atoms with Crippen LogP contribution in [0, 0.1) is 10.1 Å². The Morgan fingerprint density at radius 1 is 1.41 bits per heavy atom. The number of nitrogens with zero attached hydrogens (tertiary/aromatic N) is 4. The fourth-order valence-electron chi connectivity index (χ4n) is 2.40. The summed E-state index contributed by atoms with van der Waals surface area (Å²) in [5.74, 6) is -0.973. The van der Waals surface area contributed by atoms with Gasteiger partial charge in [-0.25, -0.2) is 0 Å². The van der Waals surface area contributed by atoms with Gasteiger partial charge in [0.15, 0.2) is 21.5 Å². The Labute approximate surface area is 165 Å². The molecular formula is C14H20N6O8S. The zero-order valence-electron chi connectivity index (χ0n) is 15.5. The minimum atomic E-state index is -4.94. The molecule has 0 saturated heterocycles. The van der Waals surface area contributed by atoms with Gasteiger partial charge < -0.3 is 15.5 Å². The number of hydrogen-bond acceptors (Lipinski definition) is 9. The van der Waals surface area contributed by atoms with Crippen molar-refractivity contribution in [3.63, 3.8) is 0 Å². The molecule has 0 aliphatic rings. The number of hydrogen-bond donors (Lipinski definition) is 3. The molecule has 1 heterocycles. The van der Waals surface area contributed by atoms with E-state index in [1.165, 1.54) is 7.11 Å². The third kappa shape index (κ3) is 5.43. The van der Waals surface area contributed by atoms with Gasteiger partial charge in [-0.05, 0) is 6.42 Å². The second-order valence-electron chi connectivity index (χ2n) is 5.65. The molecule has 1 aromatic carbocycles. The molecule has 14 nitrogen and oxygen atoms in total. The normalized spacial score (nSPS) is 10.9. The number of carbonyl (C=O) groups is 1. The molecule has 0 spiro atoms. The van der Waals surface area contributed by atoms with Gasteiger partial charge in [-0.1, -0.05) is 25.0 Å². The number of ether oxygens (including phenoxy) is 1. The highest BCUT2D eigenvalue weighted by molar-refractivity contribution is 7.86. The maximum absolute atomic E-state index is 12.3. The lowest BCUT2D eigenvalue weighted by molar-refractivity contribution is -0.663. The molecule has 160 valence electrons. The third-order valence-electron chi connectivity index (χ3n) is 3.75. The zero-order chi connectivity index (χ0) is 20.9. The fraction of sp³-hybridized carbons (Fsp3) is 0.429. The number of methoxy groups -OCH3 is 1. The van der Waals surface area contributed by atoms with Crippen molar-refractivity contribution in [2.24, 2.45) is 0 Å². The van der Waals surface area contributed by atoms with Crippen LogP contribution in [0.15, 0.2) is 17.0 Å². The van der Waals surface area contributed by atoms with Crippen molar-refractivity contribution in [3.05, 3.63) is 28.1 Å². The monoisotopic (exact) mass is 432 g/mol. The SMILES string of the molecule is CCCCCNC(=O)c1nn[nH][n+]1-c1cc(S(=O)(=O)O)c([N+](=O)[O-])cc1OC.[OH-]. The Morgan fingerprint density at radius 2 is 2.10 bits per heavy atom. The summed E-state index contributed by atoms with van der Waals surface area (Å²) in [7, 11) is -3.74. The van der Waals surface area contributed by atoms with Gasteiger partial charge >= 0.3 is 21.8 Å². The van der Waals surface area contributed by atoms with Crippen molar-refractivity contribution < 1.29 is 37.6 Å². The van der Waals surface area contributed by atoms with Gasteiger partial charge in [0.1, 0.15) is 5.10 Å². The van der Waals surface area contributed by atoms with Gasteiger partial charge in [0, 0.05) is 12.6 Å². The quantitative estimate of drug-likeness (QED) is 0.158. The topological polar surface area (TPSA) is 211 Å². The van der Waals surface area contributed by atoms with Gasteiger partial charge in [-0.15, -0.1) is 4.68 Å². The maximum Gasteiger partial charge on any atom is 0.395 e. The van der Waals surface area contributed by atoms with E-state index in [-0.39, 0.29) is 22.7 Å². The van der Waals surface area contributed by atoms with Gasteiger partial charge in [0.05, 0.1) is 18.1 Å². The van der Waals surface area contributed by atoms with Crippen LogP contribution in [0.2, 0.25) is 0 Å². The molecule has 0 unspecified atom stereocenters. The number of nitro benzene ring substituents is 1. The molecule has 15 heteroatoms. The van der Waals surface area contributed by atoms with Crippen molar-refractivity contribution >= 4 is 21.7 Å². The first-order chi connectivity index (χ1) is 13.2. The lowest BCUT2D eigenvalue weighted by Crippen LogP contribution is -2.43. The summed E-state index contributed by atoms with van der Waals surface area (Å²) >= 11 is 0. The number of H-pyrrole nitrogens is 1. The number of nitro groups is 1. The van der Waals surface area contributed by atoms with Crippen molar-refractivity contribution in [3.8, 4) is 11.4 Å². The van der Waals surface area contributed by atoms with Crippen molar-refractivity contribution in [1.82, 2.24) is 20.8 Å². The molecule has 2 aromatic rings. The van der Waals surface area contributed by atoms with E-state index in [2.05, 4.69) is 20.8 Å². The summed E-state index contributed by atoms with van der Waals surface area (Å²) in [6.45, 7) is 2.41. The summed E-state index contributed by atoms with van der Waals surface area (Å²) in [6, 6.07) is 1.61. The number of carbonyl (C=O) groups excluding carboxylic acids is 1.